The molecule has 0 unspecified atom stereocenters. The molecule has 40 heavy (non-hydrogen) atoms. The average molecular weight is 586 g/mol. The zero-order valence-corrected chi connectivity index (χ0v) is 22.8. The summed E-state index contributed by atoms with van der Waals surface area (Å²) in [6, 6.07) is 18.4. The molecule has 4 rings (SSSR count). The van der Waals surface area contributed by atoms with Gasteiger partial charge in [0, 0.05) is 5.69 Å². The third kappa shape index (κ3) is 6.33. The Morgan fingerprint density at radius 1 is 0.825 bits per heavy atom. The monoisotopic (exact) mass is 585 g/mol. The lowest BCUT2D eigenvalue weighted by Gasteiger charge is -2.15. The number of hydrogen-bond acceptors (Lipinski definition) is 7. The molecule has 208 valence electrons. The molecular formula is C27H24FN3O7S2. The van der Waals surface area contributed by atoms with Gasteiger partial charge in [-0.25, -0.2) is 21.2 Å². The summed E-state index contributed by atoms with van der Waals surface area (Å²) in [6.45, 7) is 1.43. The SMILES string of the molecule is COc1ccc(NS(=O)(=O)c2ccc(O)c(NC(=O)c3ccccc3NS(=O)(=O)c3ccc(F)cc3C)c2)cc1. The molecular weight excluding hydrogens is 561 g/mol. The van der Waals surface area contributed by atoms with Crippen molar-refractivity contribution >= 4 is 43.0 Å². The number of aryl methyl sites for hydroxylation is 1. The Balaban J connectivity index is 1.59. The Hall–Kier alpha value is -4.62. The van der Waals surface area contributed by atoms with Gasteiger partial charge in [-0.15, -0.1) is 0 Å². The standard InChI is InChI=1S/C27H24FN3O7S2/c1-17-15-18(28)7-14-26(17)40(36,37)31-23-6-4-3-5-22(23)27(33)29-24-16-21(12-13-25(24)32)39(34,35)30-19-8-10-20(38-2)11-9-19/h3-16,30-32H,1-2H3,(H,29,33). The first-order chi connectivity index (χ1) is 18.9. The molecule has 0 bridgehead atoms. The molecule has 0 atom stereocenters. The van der Waals surface area contributed by atoms with Crippen molar-refractivity contribution in [1.82, 2.24) is 0 Å². The predicted octanol–water partition coefficient (Wildman–Crippen LogP) is 4.70. The number of methoxy groups -OCH3 is 1. The first kappa shape index (κ1) is 28.4. The highest BCUT2D eigenvalue weighted by molar-refractivity contribution is 7.93. The maximum absolute atomic E-state index is 13.5. The molecule has 4 aromatic rings. The number of phenols is 1. The lowest BCUT2D eigenvalue weighted by atomic mass is 10.1. The van der Waals surface area contributed by atoms with E-state index in [-0.39, 0.29) is 38.0 Å². The fourth-order valence-corrected chi connectivity index (χ4v) is 6.12. The minimum atomic E-state index is -4.20. The summed E-state index contributed by atoms with van der Waals surface area (Å²) in [4.78, 5) is 12.7. The fraction of sp³-hybridized carbons (Fsp3) is 0.0741. The highest BCUT2D eigenvalue weighted by Crippen LogP contribution is 2.30. The minimum Gasteiger partial charge on any atom is -0.506 e. The summed E-state index contributed by atoms with van der Waals surface area (Å²) in [7, 11) is -6.84. The van der Waals surface area contributed by atoms with Gasteiger partial charge in [0.05, 0.1) is 33.8 Å². The Morgan fingerprint density at radius 3 is 2.20 bits per heavy atom. The van der Waals surface area contributed by atoms with Gasteiger partial charge in [-0.05, 0) is 85.3 Å². The Kier molecular flexibility index (Phi) is 7.98. The van der Waals surface area contributed by atoms with Crippen LogP contribution in [-0.4, -0.2) is 35.0 Å². The van der Waals surface area contributed by atoms with E-state index in [1.807, 2.05) is 0 Å². The third-order valence-electron chi connectivity index (χ3n) is 5.71. The largest absolute Gasteiger partial charge is 0.506 e. The van der Waals surface area contributed by atoms with Gasteiger partial charge in [0.1, 0.15) is 17.3 Å². The van der Waals surface area contributed by atoms with Crippen molar-refractivity contribution in [2.45, 2.75) is 16.7 Å². The van der Waals surface area contributed by atoms with Crippen molar-refractivity contribution in [2.24, 2.45) is 0 Å². The van der Waals surface area contributed by atoms with Crippen LogP contribution in [-0.2, 0) is 20.0 Å². The number of hydrogen-bond donors (Lipinski definition) is 4. The summed E-state index contributed by atoms with van der Waals surface area (Å²) < 4.78 is 75.1. The van der Waals surface area contributed by atoms with Crippen LogP contribution in [0, 0.1) is 12.7 Å². The summed E-state index contributed by atoms with van der Waals surface area (Å²) in [5.41, 5.74) is -0.00430. The third-order valence-corrected chi connectivity index (χ3v) is 8.62. The van der Waals surface area contributed by atoms with Gasteiger partial charge in [-0.2, -0.15) is 0 Å². The smallest absolute Gasteiger partial charge is 0.262 e. The van der Waals surface area contributed by atoms with Crippen LogP contribution < -0.4 is 19.5 Å². The number of benzene rings is 4. The normalized spacial score (nSPS) is 11.5. The predicted molar refractivity (Wildman–Crippen MR) is 148 cm³/mol. The second-order valence-corrected chi connectivity index (χ2v) is 11.9. The second kappa shape index (κ2) is 11.2. The number of carbonyl (C=O) groups excluding carboxylic acids is 1. The summed E-state index contributed by atoms with van der Waals surface area (Å²) in [6.07, 6.45) is 0. The number of aromatic hydroxyl groups is 1. The van der Waals surface area contributed by atoms with Crippen LogP contribution in [0.1, 0.15) is 15.9 Å². The lowest BCUT2D eigenvalue weighted by molar-refractivity contribution is 0.102. The number of carbonyl (C=O) groups is 1. The van der Waals surface area contributed by atoms with Crippen LogP contribution in [0.3, 0.4) is 0 Å². The molecule has 4 N–H and O–H groups in total. The molecule has 10 nitrogen and oxygen atoms in total. The first-order valence-electron chi connectivity index (χ1n) is 11.6. The van der Waals surface area contributed by atoms with Gasteiger partial charge in [0.25, 0.3) is 26.0 Å². The zero-order valence-electron chi connectivity index (χ0n) is 21.2. The Bertz CT molecular complexity index is 1790. The van der Waals surface area contributed by atoms with Gasteiger partial charge in [0.15, 0.2) is 0 Å². The van der Waals surface area contributed by atoms with Crippen molar-refractivity contribution in [2.75, 3.05) is 21.9 Å². The number of phenolic OH excluding ortho intramolecular Hbond substituents is 1. The molecule has 1 amide bonds. The van der Waals surface area contributed by atoms with Crippen LogP contribution >= 0.6 is 0 Å². The maximum Gasteiger partial charge on any atom is 0.262 e. The van der Waals surface area contributed by atoms with Crippen LogP contribution in [0.4, 0.5) is 21.5 Å². The number of nitrogens with one attached hydrogen (secondary N) is 3. The lowest BCUT2D eigenvalue weighted by Crippen LogP contribution is -2.19. The Labute approximate surface area is 230 Å². The maximum atomic E-state index is 13.5. The zero-order chi connectivity index (χ0) is 29.1. The molecule has 0 aliphatic heterocycles. The van der Waals surface area contributed by atoms with Gasteiger partial charge in [-0.3, -0.25) is 14.2 Å². The van der Waals surface area contributed by atoms with Crippen molar-refractivity contribution in [1.29, 1.82) is 0 Å². The molecule has 0 aliphatic rings. The van der Waals surface area contributed by atoms with E-state index in [9.17, 15) is 31.1 Å². The van der Waals surface area contributed by atoms with E-state index in [0.717, 1.165) is 36.4 Å². The van der Waals surface area contributed by atoms with E-state index in [0.29, 0.717) is 5.75 Å². The molecule has 0 aromatic heterocycles. The van der Waals surface area contributed by atoms with Crippen molar-refractivity contribution < 1.29 is 35.9 Å². The Morgan fingerprint density at radius 2 is 1.52 bits per heavy atom. The number of para-hydroxylation sites is 1. The number of ether oxygens (including phenoxy) is 1. The summed E-state index contributed by atoms with van der Waals surface area (Å²) in [5.74, 6) is -1.31. The number of anilines is 3. The van der Waals surface area contributed by atoms with Gasteiger partial charge in [0.2, 0.25) is 0 Å². The number of amides is 1. The van der Waals surface area contributed by atoms with Crippen LogP contribution in [0.25, 0.3) is 0 Å². The van der Waals surface area contributed by atoms with E-state index in [4.69, 9.17) is 4.74 Å². The van der Waals surface area contributed by atoms with E-state index in [2.05, 4.69) is 14.8 Å². The molecule has 0 fully saturated rings. The molecule has 13 heteroatoms. The number of rotatable bonds is 9. The van der Waals surface area contributed by atoms with E-state index >= 15 is 0 Å². The molecule has 0 heterocycles. The van der Waals surface area contributed by atoms with Gasteiger partial charge in [-0.1, -0.05) is 12.1 Å². The van der Waals surface area contributed by atoms with Gasteiger partial charge >= 0.3 is 0 Å². The van der Waals surface area contributed by atoms with Crippen LogP contribution in [0.15, 0.2) is 94.7 Å². The minimum absolute atomic E-state index is 0.0897. The fourth-order valence-electron chi connectivity index (χ4n) is 3.73. The van der Waals surface area contributed by atoms with E-state index in [1.165, 1.54) is 50.4 Å². The van der Waals surface area contributed by atoms with E-state index in [1.54, 1.807) is 12.1 Å². The van der Waals surface area contributed by atoms with Crippen molar-refractivity contribution in [3.8, 4) is 11.5 Å². The van der Waals surface area contributed by atoms with Crippen LogP contribution in [0.5, 0.6) is 11.5 Å². The van der Waals surface area contributed by atoms with Crippen LogP contribution in [0.2, 0.25) is 0 Å². The highest BCUT2D eigenvalue weighted by Gasteiger charge is 2.22. The topological polar surface area (TPSA) is 151 Å². The average Bonchev–Trinajstić information content (AvgIpc) is 2.90. The molecule has 0 saturated carbocycles. The number of sulfonamides is 2. The number of halogens is 1. The van der Waals surface area contributed by atoms with Gasteiger partial charge < -0.3 is 15.2 Å². The van der Waals surface area contributed by atoms with E-state index < -0.39 is 37.5 Å². The molecule has 0 aliphatic carbocycles. The summed E-state index contributed by atoms with van der Waals surface area (Å²) in [5, 5.41) is 12.7. The second-order valence-electron chi connectivity index (χ2n) is 8.53. The molecule has 0 radical (unpaired) electrons. The first-order valence-corrected chi connectivity index (χ1v) is 14.6. The van der Waals surface area contributed by atoms with Crippen molar-refractivity contribution in [3.05, 3.63) is 102 Å². The highest BCUT2D eigenvalue weighted by atomic mass is 32.2. The quantitative estimate of drug-likeness (QED) is 0.208. The van der Waals surface area contributed by atoms with Crippen molar-refractivity contribution in [3.63, 3.8) is 0 Å². The molecule has 0 spiro atoms. The summed E-state index contributed by atoms with van der Waals surface area (Å²) >= 11 is 0. The molecule has 4 aromatic carbocycles. The molecule has 0 saturated heterocycles.